The number of halogens is 4. The molecule has 1 aromatic rings. The Morgan fingerprint density at radius 2 is 1.80 bits per heavy atom. The number of rotatable bonds is 11. The molecule has 6 aliphatic rings. The third-order valence-electron chi connectivity index (χ3n) is 10.9. The lowest BCUT2D eigenvalue weighted by Gasteiger charge is -2.70. The molecule has 7 rings (SSSR count). The van der Waals surface area contributed by atoms with Crippen molar-refractivity contribution in [3.8, 4) is 5.75 Å². The zero-order valence-electron chi connectivity index (χ0n) is 26.8. The van der Waals surface area contributed by atoms with E-state index in [1.165, 1.54) is 18.2 Å². The van der Waals surface area contributed by atoms with Crippen LogP contribution >= 0.6 is 11.6 Å². The molecule has 0 radical (unpaired) electrons. The van der Waals surface area contributed by atoms with Gasteiger partial charge in [0, 0.05) is 17.4 Å². The highest BCUT2D eigenvalue weighted by Crippen LogP contribution is 2.71. The summed E-state index contributed by atoms with van der Waals surface area (Å²) in [5.41, 5.74) is -0.877. The van der Waals surface area contributed by atoms with E-state index in [0.29, 0.717) is 31.2 Å². The van der Waals surface area contributed by atoms with E-state index in [4.69, 9.17) is 35.6 Å². The highest BCUT2D eigenvalue weighted by molar-refractivity contribution is 6.24. The maximum Gasteiger partial charge on any atom is 0.411 e. The van der Waals surface area contributed by atoms with Crippen LogP contribution in [0, 0.1) is 17.8 Å². The second-order valence-corrected chi connectivity index (χ2v) is 14.9. The summed E-state index contributed by atoms with van der Waals surface area (Å²) in [4.78, 5) is 35.8. The number of nitrogens with one attached hydrogen (secondary N) is 1. The number of ether oxygens (including phenoxy) is 3. The number of carbonyl (C=O) groups excluding carboxylic acids is 1. The molecule has 1 amide bonds. The van der Waals surface area contributed by atoms with Crippen molar-refractivity contribution in [1.29, 1.82) is 0 Å². The number of benzene rings is 1. The van der Waals surface area contributed by atoms with Gasteiger partial charge in [-0.1, -0.05) is 19.1 Å². The van der Waals surface area contributed by atoms with E-state index in [9.17, 15) is 48.3 Å². The standard InChI is InChI=1S/C32H41ClF3NO12/c1-3-17-4-5-18(32(45-14-30(34,35)36)31(48-49-32)19-6-16-7-20(31)11-28(33,9-16)10-19)8-23(17)46-29(27(43)44)12-21(40)24(37-15(2)39)26(47-29)25(42)22(41)13-38/h4-5,8,16,19-22,24-26,38,40-42H,3,6-7,9-14H2,1-2H3,(H,37,39)(H,43,44)/t16?,19?,20?,21-,22?,24+,25?,26+,28?,29-,31?,32?/m0/s1. The minimum atomic E-state index is -4.74. The monoisotopic (exact) mass is 723 g/mol. The number of aliphatic carboxylic acids is 1. The van der Waals surface area contributed by atoms with Crippen LogP contribution in [0.2, 0.25) is 0 Å². The maximum absolute atomic E-state index is 13.8. The average molecular weight is 724 g/mol. The molecule has 13 nitrogen and oxygen atoms in total. The minimum Gasteiger partial charge on any atom is -0.476 e. The SMILES string of the molecule is CCc1ccc(C2(OCC(F)(F)F)OOC23C2CC4CC3CC(Cl)(C4)C2)cc1O[C@@]1(C(=O)O)C[C@H](O)[C@@H](NC(C)=O)[C@H](C(O)C(O)CO)O1. The molecule has 274 valence electrons. The molecule has 4 saturated carbocycles. The van der Waals surface area contributed by atoms with Crippen molar-refractivity contribution in [3.05, 3.63) is 29.3 Å². The molecule has 17 heteroatoms. The van der Waals surface area contributed by atoms with E-state index in [1.54, 1.807) is 6.92 Å². The molecular formula is C32H41ClF3NO12. The van der Waals surface area contributed by atoms with Gasteiger partial charge < -0.3 is 45.1 Å². The Morgan fingerprint density at radius 1 is 1.12 bits per heavy atom. The minimum absolute atomic E-state index is 0.0617. The Kier molecular flexibility index (Phi) is 9.49. The Hall–Kier alpha value is -2.28. The van der Waals surface area contributed by atoms with E-state index in [0.717, 1.165) is 13.3 Å². The van der Waals surface area contributed by atoms with Crippen LogP contribution in [0.3, 0.4) is 0 Å². The van der Waals surface area contributed by atoms with Gasteiger partial charge in [0.1, 0.15) is 30.7 Å². The van der Waals surface area contributed by atoms with Gasteiger partial charge in [-0.2, -0.15) is 18.1 Å². The molecule has 1 aromatic carbocycles. The average Bonchev–Trinajstić information content (AvgIpc) is 2.99. The van der Waals surface area contributed by atoms with Crippen molar-refractivity contribution < 1.29 is 72.3 Å². The normalized spacial score (nSPS) is 40.9. The fraction of sp³-hybridized carbons (Fsp3) is 0.750. The summed E-state index contributed by atoms with van der Waals surface area (Å²) in [5, 5.41) is 54.4. The van der Waals surface area contributed by atoms with Gasteiger partial charge in [-0.05, 0) is 67.9 Å². The number of amides is 1. The van der Waals surface area contributed by atoms with Crippen LogP contribution in [0.25, 0.3) is 0 Å². The predicted octanol–water partition coefficient (Wildman–Crippen LogP) is 2.03. The third kappa shape index (κ3) is 6.10. The lowest BCUT2D eigenvalue weighted by molar-refractivity contribution is -0.650. The zero-order valence-corrected chi connectivity index (χ0v) is 27.6. The Balaban J connectivity index is 1.41. The highest BCUT2D eigenvalue weighted by Gasteiger charge is 2.79. The molecule has 9 atom stereocenters. The number of carboxylic acids is 1. The molecule has 1 spiro atoms. The van der Waals surface area contributed by atoms with Gasteiger partial charge in [-0.25, -0.2) is 9.68 Å². The van der Waals surface area contributed by atoms with E-state index in [1.807, 2.05) is 0 Å². The topological polar surface area (TPSA) is 193 Å². The summed E-state index contributed by atoms with van der Waals surface area (Å²) in [6, 6.07) is 2.90. The molecule has 6 N–H and O–H groups in total. The highest BCUT2D eigenvalue weighted by atomic mass is 35.5. The zero-order chi connectivity index (χ0) is 35.7. The van der Waals surface area contributed by atoms with Crippen LogP contribution in [0.4, 0.5) is 13.2 Å². The smallest absolute Gasteiger partial charge is 0.411 e. The summed E-state index contributed by atoms with van der Waals surface area (Å²) in [6.07, 6.45) is -9.61. The second-order valence-electron chi connectivity index (χ2n) is 14.1. The summed E-state index contributed by atoms with van der Waals surface area (Å²) < 4.78 is 58.8. The fourth-order valence-corrected chi connectivity index (χ4v) is 9.58. The van der Waals surface area contributed by atoms with Crippen LogP contribution in [0.5, 0.6) is 5.75 Å². The second kappa shape index (κ2) is 12.7. The largest absolute Gasteiger partial charge is 0.476 e. The first-order valence-electron chi connectivity index (χ1n) is 16.3. The van der Waals surface area contributed by atoms with Crippen molar-refractivity contribution >= 4 is 23.5 Å². The van der Waals surface area contributed by atoms with Crippen LogP contribution < -0.4 is 10.1 Å². The van der Waals surface area contributed by atoms with Gasteiger partial charge in [-0.15, -0.1) is 11.6 Å². The van der Waals surface area contributed by atoms with Crippen LogP contribution in [0.1, 0.15) is 63.5 Å². The summed E-state index contributed by atoms with van der Waals surface area (Å²) in [7, 11) is 0. The number of alkyl halides is 4. The van der Waals surface area contributed by atoms with Crippen molar-refractivity contribution in [2.45, 2.75) is 117 Å². The first-order valence-corrected chi connectivity index (χ1v) is 16.7. The summed E-state index contributed by atoms with van der Waals surface area (Å²) >= 11 is 6.96. The van der Waals surface area contributed by atoms with Gasteiger partial charge >= 0.3 is 17.9 Å². The molecule has 2 saturated heterocycles. The number of carbonyl (C=O) groups is 2. The third-order valence-corrected chi connectivity index (χ3v) is 11.3. The molecule has 6 fully saturated rings. The molecule has 2 heterocycles. The fourth-order valence-electron chi connectivity index (χ4n) is 8.99. The molecule has 5 unspecified atom stereocenters. The molecule has 0 aromatic heterocycles. The van der Waals surface area contributed by atoms with Gasteiger partial charge in [0.15, 0.2) is 5.60 Å². The van der Waals surface area contributed by atoms with Crippen LogP contribution in [0.15, 0.2) is 18.2 Å². The predicted molar refractivity (Wildman–Crippen MR) is 160 cm³/mol. The lowest BCUT2D eigenvalue weighted by Crippen LogP contribution is -2.78. The first-order chi connectivity index (χ1) is 22.9. The summed E-state index contributed by atoms with van der Waals surface area (Å²) in [6.45, 7) is 0.189. The van der Waals surface area contributed by atoms with Gasteiger partial charge in [-0.3, -0.25) is 4.79 Å². The molecule has 2 aliphatic heterocycles. The van der Waals surface area contributed by atoms with E-state index < -0.39 is 90.2 Å². The Bertz CT molecular complexity index is 1430. The number of hydrogen-bond acceptors (Lipinski definition) is 11. The Morgan fingerprint density at radius 3 is 2.31 bits per heavy atom. The number of aliphatic hydroxyl groups excluding tert-OH is 4. The van der Waals surface area contributed by atoms with Crippen molar-refractivity contribution in [2.24, 2.45) is 17.8 Å². The van der Waals surface area contributed by atoms with Crippen molar-refractivity contribution in [1.82, 2.24) is 5.32 Å². The van der Waals surface area contributed by atoms with Gasteiger partial charge in [0.2, 0.25) is 5.91 Å². The Labute approximate surface area is 284 Å². The molecular weight excluding hydrogens is 683 g/mol. The van der Waals surface area contributed by atoms with Crippen LogP contribution in [-0.4, -0.2) is 104 Å². The summed E-state index contributed by atoms with van der Waals surface area (Å²) in [5.74, 6) is -7.76. The first kappa shape index (κ1) is 36.5. The van der Waals surface area contributed by atoms with Gasteiger partial charge in [0.25, 0.3) is 5.79 Å². The number of carboxylic acid groups (broad SMARTS) is 1. The van der Waals surface area contributed by atoms with E-state index in [-0.39, 0.29) is 35.5 Å². The van der Waals surface area contributed by atoms with Crippen LogP contribution in [-0.2, 0) is 41.0 Å². The molecule has 4 bridgehead atoms. The maximum atomic E-state index is 13.8. The molecule has 49 heavy (non-hydrogen) atoms. The quantitative estimate of drug-likeness (QED) is 0.144. The van der Waals surface area contributed by atoms with Crippen molar-refractivity contribution in [3.63, 3.8) is 0 Å². The number of aryl methyl sites for hydroxylation is 1. The number of aliphatic hydroxyl groups is 4. The number of hydrogen-bond donors (Lipinski definition) is 6. The van der Waals surface area contributed by atoms with E-state index in [2.05, 4.69) is 5.32 Å². The van der Waals surface area contributed by atoms with Crippen molar-refractivity contribution in [2.75, 3.05) is 13.2 Å². The van der Waals surface area contributed by atoms with Gasteiger partial charge in [0.05, 0.1) is 25.2 Å². The molecule has 4 aliphatic carbocycles. The van der Waals surface area contributed by atoms with E-state index >= 15 is 0 Å². The lowest BCUT2D eigenvalue weighted by atomic mass is 9.46.